The molecular weight excluding hydrogens is 240 g/mol. The van der Waals surface area contributed by atoms with Gasteiger partial charge in [-0.2, -0.15) is 5.26 Å². The molecule has 0 fully saturated rings. The lowest BCUT2D eigenvalue weighted by Gasteiger charge is -2.01. The summed E-state index contributed by atoms with van der Waals surface area (Å²) >= 11 is 7.67. The minimum Gasteiger partial charge on any atom is -0.235 e. The van der Waals surface area contributed by atoms with Gasteiger partial charge in [0.05, 0.1) is 21.8 Å². The molecule has 0 aliphatic rings. The first-order valence-corrected chi connectivity index (χ1v) is 5.92. The lowest BCUT2D eigenvalue weighted by atomic mass is 10.1. The van der Waals surface area contributed by atoms with Crippen molar-refractivity contribution in [1.29, 1.82) is 5.26 Å². The smallest absolute Gasteiger partial charge is 0.147 e. The monoisotopic (exact) mass is 244 g/mol. The van der Waals surface area contributed by atoms with Gasteiger partial charge in [0, 0.05) is 10.8 Å². The molecule has 0 bridgehead atoms. The lowest BCUT2D eigenvalue weighted by molar-refractivity contribution is 1.43. The first-order valence-electron chi connectivity index (χ1n) is 4.66. The Labute approximate surface area is 101 Å². The molecule has 2 nitrogen and oxygen atoms in total. The largest absolute Gasteiger partial charge is 0.235 e. The van der Waals surface area contributed by atoms with Crippen LogP contribution in [0.4, 0.5) is 0 Å². The molecule has 3 aromatic rings. The van der Waals surface area contributed by atoms with Crippen LogP contribution in [0.5, 0.6) is 0 Å². The van der Waals surface area contributed by atoms with Crippen LogP contribution >= 0.6 is 22.9 Å². The summed E-state index contributed by atoms with van der Waals surface area (Å²) in [4.78, 5) is 4.31. The highest BCUT2D eigenvalue weighted by Gasteiger charge is 2.08. The fraction of sp³-hybridized carbons (Fsp3) is 0. The number of nitriles is 1. The molecule has 3 rings (SSSR count). The van der Waals surface area contributed by atoms with Crippen molar-refractivity contribution in [3.8, 4) is 6.07 Å². The van der Waals surface area contributed by atoms with Crippen LogP contribution in [-0.2, 0) is 0 Å². The van der Waals surface area contributed by atoms with Crippen LogP contribution < -0.4 is 0 Å². The second-order valence-electron chi connectivity index (χ2n) is 3.41. The highest BCUT2D eigenvalue weighted by molar-refractivity contribution is 7.18. The minimum absolute atomic E-state index is 0.507. The molecule has 0 atom stereocenters. The summed E-state index contributed by atoms with van der Waals surface area (Å²) in [5.41, 5.74) is 1.38. The Morgan fingerprint density at radius 1 is 1.25 bits per heavy atom. The van der Waals surface area contributed by atoms with Gasteiger partial charge in [0.2, 0.25) is 0 Å². The van der Waals surface area contributed by atoms with Gasteiger partial charge in [-0.1, -0.05) is 17.7 Å². The van der Waals surface area contributed by atoms with Gasteiger partial charge >= 0.3 is 0 Å². The lowest BCUT2D eigenvalue weighted by Crippen LogP contribution is -1.83. The van der Waals surface area contributed by atoms with Crippen molar-refractivity contribution in [3.05, 3.63) is 40.4 Å². The summed E-state index contributed by atoms with van der Waals surface area (Å²) in [6.45, 7) is 0. The van der Waals surface area contributed by atoms with Gasteiger partial charge in [-0.15, -0.1) is 11.3 Å². The fourth-order valence-electron chi connectivity index (χ4n) is 1.76. The van der Waals surface area contributed by atoms with E-state index in [1.807, 2.05) is 17.5 Å². The summed E-state index contributed by atoms with van der Waals surface area (Å²) in [5, 5.41) is 13.5. The van der Waals surface area contributed by atoms with E-state index in [1.165, 1.54) is 0 Å². The molecule has 0 aliphatic heterocycles. The maximum atomic E-state index is 8.83. The Hall–Kier alpha value is -1.63. The van der Waals surface area contributed by atoms with Gasteiger partial charge in [-0.05, 0) is 23.6 Å². The Morgan fingerprint density at radius 2 is 2.12 bits per heavy atom. The summed E-state index contributed by atoms with van der Waals surface area (Å²) < 4.78 is 0.999. The average molecular weight is 245 g/mol. The quantitative estimate of drug-likeness (QED) is 0.561. The Bertz CT molecular complexity index is 740. The summed E-state index contributed by atoms with van der Waals surface area (Å²) in [6.07, 6.45) is 0. The fourth-order valence-corrected chi connectivity index (χ4v) is 2.87. The highest BCUT2D eigenvalue weighted by Crippen LogP contribution is 2.33. The molecule has 0 spiro atoms. The second-order valence-corrected chi connectivity index (χ2v) is 4.68. The van der Waals surface area contributed by atoms with Gasteiger partial charge < -0.3 is 0 Å². The molecule has 1 aromatic carbocycles. The summed E-state index contributed by atoms with van der Waals surface area (Å²) in [7, 11) is 0. The van der Waals surface area contributed by atoms with E-state index in [-0.39, 0.29) is 0 Å². The zero-order chi connectivity index (χ0) is 11.1. The Morgan fingerprint density at radius 3 is 2.94 bits per heavy atom. The van der Waals surface area contributed by atoms with Crippen molar-refractivity contribution in [2.45, 2.75) is 0 Å². The van der Waals surface area contributed by atoms with Gasteiger partial charge in [0.1, 0.15) is 5.15 Å². The van der Waals surface area contributed by atoms with E-state index in [0.29, 0.717) is 10.7 Å². The van der Waals surface area contributed by atoms with Gasteiger partial charge in [0.25, 0.3) is 0 Å². The van der Waals surface area contributed by atoms with Gasteiger partial charge in [-0.25, -0.2) is 4.98 Å². The van der Waals surface area contributed by atoms with Crippen molar-refractivity contribution in [1.82, 2.24) is 4.98 Å². The summed E-state index contributed by atoms with van der Waals surface area (Å²) in [6, 6.07) is 9.62. The molecule has 0 aliphatic carbocycles. The van der Waals surface area contributed by atoms with E-state index in [1.54, 1.807) is 23.5 Å². The molecule has 4 heteroatoms. The molecule has 76 valence electrons. The maximum Gasteiger partial charge on any atom is 0.147 e. The number of fused-ring (bicyclic) bond motifs is 3. The second kappa shape index (κ2) is 3.44. The van der Waals surface area contributed by atoms with E-state index >= 15 is 0 Å². The van der Waals surface area contributed by atoms with Crippen LogP contribution in [-0.4, -0.2) is 4.98 Å². The van der Waals surface area contributed by atoms with Crippen molar-refractivity contribution in [2.75, 3.05) is 0 Å². The third-order valence-electron chi connectivity index (χ3n) is 2.49. The number of nitrogens with zero attached hydrogens (tertiary/aromatic N) is 2. The van der Waals surface area contributed by atoms with Crippen LogP contribution in [0.3, 0.4) is 0 Å². The van der Waals surface area contributed by atoms with Crippen molar-refractivity contribution in [2.24, 2.45) is 0 Å². The van der Waals surface area contributed by atoms with Crippen LogP contribution in [0.25, 0.3) is 21.0 Å². The number of halogens is 1. The molecule has 0 saturated carbocycles. The number of thiophene rings is 1. The number of benzene rings is 1. The molecular formula is C12H5ClN2S. The highest BCUT2D eigenvalue weighted by atomic mass is 35.5. The van der Waals surface area contributed by atoms with Crippen LogP contribution in [0, 0.1) is 11.3 Å². The SMILES string of the molecule is N#Cc1ccc2c(c1)nc(Cl)c1sccc12. The zero-order valence-corrected chi connectivity index (χ0v) is 9.64. The number of pyridine rings is 1. The van der Waals surface area contributed by atoms with Crippen LogP contribution in [0.15, 0.2) is 29.6 Å². The van der Waals surface area contributed by atoms with E-state index in [4.69, 9.17) is 16.9 Å². The molecule has 0 radical (unpaired) electrons. The predicted molar refractivity (Wildman–Crippen MR) is 66.9 cm³/mol. The zero-order valence-electron chi connectivity index (χ0n) is 8.07. The molecule has 0 N–H and O–H groups in total. The molecule has 0 amide bonds. The predicted octanol–water partition coefficient (Wildman–Crippen LogP) is 3.97. The average Bonchev–Trinajstić information content (AvgIpc) is 2.78. The van der Waals surface area contributed by atoms with E-state index in [9.17, 15) is 0 Å². The summed E-state index contributed by atoms with van der Waals surface area (Å²) in [5.74, 6) is 0. The number of hydrogen-bond acceptors (Lipinski definition) is 3. The topological polar surface area (TPSA) is 36.7 Å². The van der Waals surface area contributed by atoms with Gasteiger partial charge in [-0.3, -0.25) is 0 Å². The first kappa shape index (κ1) is 9.59. The number of hydrogen-bond donors (Lipinski definition) is 0. The van der Waals surface area contributed by atoms with Gasteiger partial charge in [0.15, 0.2) is 0 Å². The molecule has 2 aromatic heterocycles. The number of rotatable bonds is 0. The third-order valence-corrected chi connectivity index (χ3v) is 3.79. The Balaban J connectivity index is 2.54. The van der Waals surface area contributed by atoms with Crippen molar-refractivity contribution < 1.29 is 0 Å². The van der Waals surface area contributed by atoms with E-state index in [0.717, 1.165) is 21.0 Å². The minimum atomic E-state index is 0.507. The van der Waals surface area contributed by atoms with Crippen molar-refractivity contribution in [3.63, 3.8) is 0 Å². The first-order chi connectivity index (χ1) is 7.79. The molecule has 0 saturated heterocycles. The van der Waals surface area contributed by atoms with E-state index in [2.05, 4.69) is 11.1 Å². The maximum absolute atomic E-state index is 8.83. The standard InChI is InChI=1S/C12H5ClN2S/c13-12-11-9(3-4-16-11)8-2-1-7(6-14)5-10(8)15-12/h1-5H. The van der Waals surface area contributed by atoms with Crippen molar-refractivity contribution >= 4 is 43.9 Å². The number of aromatic nitrogens is 1. The molecule has 16 heavy (non-hydrogen) atoms. The third kappa shape index (κ3) is 1.28. The van der Waals surface area contributed by atoms with Crippen LogP contribution in [0.1, 0.15) is 5.56 Å². The van der Waals surface area contributed by atoms with Crippen LogP contribution in [0.2, 0.25) is 5.15 Å². The Kier molecular flexibility index (Phi) is 2.06. The molecule has 2 heterocycles. The van der Waals surface area contributed by atoms with E-state index < -0.39 is 0 Å². The molecule has 0 unspecified atom stereocenters. The normalized spacial score (nSPS) is 10.8.